The molecule has 0 aromatic heterocycles. The summed E-state index contributed by atoms with van der Waals surface area (Å²) in [6.45, 7) is 0. The molecule has 2 aromatic carbocycles. The number of amides is 2. The summed E-state index contributed by atoms with van der Waals surface area (Å²) in [4.78, 5) is 39.2. The van der Waals surface area contributed by atoms with Crippen molar-refractivity contribution >= 4 is 23.5 Å². The highest BCUT2D eigenvalue weighted by atomic mass is 19.1. The number of nitrogens with zero attached hydrogens (tertiary/aromatic N) is 1. The van der Waals surface area contributed by atoms with Crippen LogP contribution in [0, 0.1) is 17.7 Å². The minimum absolute atomic E-state index is 0.199. The van der Waals surface area contributed by atoms with Gasteiger partial charge in [0.05, 0.1) is 31.7 Å². The molecule has 0 aliphatic carbocycles. The van der Waals surface area contributed by atoms with Crippen molar-refractivity contribution in [1.82, 2.24) is 5.32 Å². The normalized spacial score (nSPS) is 25.4. The minimum atomic E-state index is -1.26. The fourth-order valence-corrected chi connectivity index (χ4v) is 4.24. The molecule has 9 heteroatoms. The Morgan fingerprint density at radius 3 is 2.30 bits per heavy atom. The number of carboxylic acid groups (broad SMARTS) is 1. The van der Waals surface area contributed by atoms with Crippen molar-refractivity contribution in [3.63, 3.8) is 0 Å². The first-order valence-electron chi connectivity index (χ1n) is 9.21. The molecule has 2 amide bonds. The second-order valence-electron chi connectivity index (χ2n) is 7.11. The third-order valence-electron chi connectivity index (χ3n) is 5.60. The van der Waals surface area contributed by atoms with Crippen LogP contribution < -0.4 is 19.7 Å². The molecule has 4 atom stereocenters. The fraction of sp³-hybridized carbons (Fsp3) is 0.286. The first-order chi connectivity index (χ1) is 14.4. The smallest absolute Gasteiger partial charge is 0.321 e. The second-order valence-corrected chi connectivity index (χ2v) is 7.11. The van der Waals surface area contributed by atoms with Crippen LogP contribution >= 0.6 is 0 Å². The summed E-state index contributed by atoms with van der Waals surface area (Å²) in [5.74, 6) is -4.05. The SMILES string of the molecule is COc1ccc([C@@H]2N[C@H](C(=O)O)[C@H]3C(=O)N(c4ccc(F)cc4)C(=O)[C@H]32)c(OC)c1. The lowest BCUT2D eigenvalue weighted by Gasteiger charge is -2.23. The first-order valence-corrected chi connectivity index (χ1v) is 9.21. The number of rotatable bonds is 5. The zero-order valence-electron chi connectivity index (χ0n) is 16.2. The first kappa shape index (κ1) is 19.8. The lowest BCUT2D eigenvalue weighted by Crippen LogP contribution is -2.43. The Bertz CT molecular complexity index is 1020. The van der Waals surface area contributed by atoms with E-state index in [1.807, 2.05) is 0 Å². The monoisotopic (exact) mass is 414 g/mol. The molecule has 2 heterocycles. The molecule has 0 saturated carbocycles. The lowest BCUT2D eigenvalue weighted by atomic mass is 9.86. The van der Waals surface area contributed by atoms with Gasteiger partial charge in [0.15, 0.2) is 0 Å². The molecular weight excluding hydrogens is 395 g/mol. The molecule has 2 fully saturated rings. The Kier molecular flexibility index (Phi) is 4.90. The number of carboxylic acids is 1. The van der Waals surface area contributed by atoms with Gasteiger partial charge in [0, 0.05) is 17.7 Å². The van der Waals surface area contributed by atoms with Crippen molar-refractivity contribution < 1.29 is 33.4 Å². The van der Waals surface area contributed by atoms with Gasteiger partial charge in [-0.2, -0.15) is 0 Å². The van der Waals surface area contributed by atoms with Gasteiger partial charge in [-0.3, -0.25) is 19.7 Å². The van der Waals surface area contributed by atoms with Crippen LogP contribution in [-0.2, 0) is 14.4 Å². The number of anilines is 1. The van der Waals surface area contributed by atoms with Crippen LogP contribution in [-0.4, -0.2) is 43.2 Å². The summed E-state index contributed by atoms with van der Waals surface area (Å²) in [5.41, 5.74) is 0.740. The summed E-state index contributed by atoms with van der Waals surface area (Å²) >= 11 is 0. The quantitative estimate of drug-likeness (QED) is 0.718. The van der Waals surface area contributed by atoms with Crippen molar-refractivity contribution in [2.24, 2.45) is 11.8 Å². The van der Waals surface area contributed by atoms with Crippen LogP contribution in [0.3, 0.4) is 0 Å². The Morgan fingerprint density at radius 1 is 1.03 bits per heavy atom. The van der Waals surface area contributed by atoms with E-state index in [0.717, 1.165) is 17.0 Å². The third-order valence-corrected chi connectivity index (χ3v) is 5.60. The number of nitrogens with one attached hydrogen (secondary N) is 1. The maximum Gasteiger partial charge on any atom is 0.321 e. The molecule has 2 saturated heterocycles. The van der Waals surface area contributed by atoms with E-state index >= 15 is 0 Å². The largest absolute Gasteiger partial charge is 0.497 e. The van der Waals surface area contributed by atoms with E-state index in [9.17, 15) is 23.9 Å². The van der Waals surface area contributed by atoms with Crippen LogP contribution in [0.4, 0.5) is 10.1 Å². The lowest BCUT2D eigenvalue weighted by molar-refractivity contribution is -0.142. The summed E-state index contributed by atoms with van der Waals surface area (Å²) in [6.07, 6.45) is 0. The number of aliphatic carboxylic acids is 1. The highest BCUT2D eigenvalue weighted by molar-refractivity contribution is 6.23. The van der Waals surface area contributed by atoms with E-state index < -0.39 is 47.5 Å². The summed E-state index contributed by atoms with van der Waals surface area (Å²) < 4.78 is 23.9. The van der Waals surface area contributed by atoms with Gasteiger partial charge in [0.1, 0.15) is 23.4 Å². The highest BCUT2D eigenvalue weighted by Crippen LogP contribution is 2.47. The molecular formula is C21H19FN2O6. The number of methoxy groups -OCH3 is 2. The topological polar surface area (TPSA) is 105 Å². The zero-order valence-corrected chi connectivity index (χ0v) is 16.2. The van der Waals surface area contributed by atoms with Gasteiger partial charge in [0.2, 0.25) is 11.8 Å². The van der Waals surface area contributed by atoms with E-state index in [1.54, 1.807) is 18.2 Å². The van der Waals surface area contributed by atoms with Crippen molar-refractivity contribution in [2.45, 2.75) is 12.1 Å². The number of hydrogen-bond acceptors (Lipinski definition) is 6. The number of imide groups is 1. The van der Waals surface area contributed by atoms with E-state index in [0.29, 0.717) is 17.1 Å². The standard InChI is InChI=1S/C21H19FN2O6/c1-29-12-7-8-13(14(9-12)30-2)17-15-16(18(23-17)21(27)28)20(26)24(19(15)25)11-5-3-10(22)4-6-11/h3-9,15-18,23H,1-2H3,(H,27,28)/t15-,16+,17+,18+/m1/s1. The zero-order chi connectivity index (χ0) is 21.6. The molecule has 0 bridgehead atoms. The molecule has 2 aliphatic heterocycles. The maximum atomic E-state index is 13.3. The van der Waals surface area contributed by atoms with Crippen LogP contribution in [0.25, 0.3) is 0 Å². The van der Waals surface area contributed by atoms with Crippen molar-refractivity contribution in [2.75, 3.05) is 19.1 Å². The van der Waals surface area contributed by atoms with Crippen LogP contribution in [0.1, 0.15) is 11.6 Å². The summed E-state index contributed by atoms with van der Waals surface area (Å²) in [7, 11) is 2.95. The molecule has 2 N–H and O–H groups in total. The van der Waals surface area contributed by atoms with Crippen LogP contribution in [0.5, 0.6) is 11.5 Å². The molecule has 0 spiro atoms. The molecule has 0 unspecified atom stereocenters. The van der Waals surface area contributed by atoms with Gasteiger partial charge < -0.3 is 14.6 Å². The Labute approximate surface area is 171 Å². The molecule has 4 rings (SSSR count). The average molecular weight is 414 g/mol. The van der Waals surface area contributed by atoms with E-state index in [2.05, 4.69) is 5.32 Å². The maximum absolute atomic E-state index is 13.3. The average Bonchev–Trinajstić information content (AvgIpc) is 3.25. The van der Waals surface area contributed by atoms with Gasteiger partial charge in [0.25, 0.3) is 0 Å². The molecule has 2 aromatic rings. The van der Waals surface area contributed by atoms with Gasteiger partial charge in [-0.05, 0) is 30.3 Å². The predicted molar refractivity (Wildman–Crippen MR) is 103 cm³/mol. The van der Waals surface area contributed by atoms with Crippen molar-refractivity contribution in [3.05, 3.63) is 53.8 Å². The minimum Gasteiger partial charge on any atom is -0.497 e. The Hall–Kier alpha value is -3.46. The number of ether oxygens (including phenoxy) is 2. The molecule has 2 aliphatic rings. The fourth-order valence-electron chi connectivity index (χ4n) is 4.24. The third kappa shape index (κ3) is 2.98. The molecule has 8 nitrogen and oxygen atoms in total. The Morgan fingerprint density at radius 2 is 1.70 bits per heavy atom. The van der Waals surface area contributed by atoms with Crippen LogP contribution in [0.15, 0.2) is 42.5 Å². The summed E-state index contributed by atoms with van der Waals surface area (Å²) in [6, 6.07) is 7.86. The second kappa shape index (κ2) is 7.42. The van der Waals surface area contributed by atoms with Gasteiger partial charge in [-0.1, -0.05) is 6.07 Å². The number of carbonyl (C=O) groups is 3. The van der Waals surface area contributed by atoms with Crippen molar-refractivity contribution in [3.8, 4) is 11.5 Å². The Balaban J connectivity index is 1.79. The molecule has 156 valence electrons. The van der Waals surface area contributed by atoms with E-state index in [-0.39, 0.29) is 5.69 Å². The number of fused-ring (bicyclic) bond motifs is 1. The number of halogens is 1. The summed E-state index contributed by atoms with van der Waals surface area (Å²) in [5, 5.41) is 12.6. The molecule has 0 radical (unpaired) electrons. The number of hydrogen-bond donors (Lipinski definition) is 2. The number of carbonyl (C=O) groups excluding carboxylic acids is 2. The van der Waals surface area contributed by atoms with Gasteiger partial charge in [-0.25, -0.2) is 9.29 Å². The molecule has 30 heavy (non-hydrogen) atoms. The van der Waals surface area contributed by atoms with E-state index in [4.69, 9.17) is 9.47 Å². The number of benzene rings is 2. The van der Waals surface area contributed by atoms with Crippen LogP contribution in [0.2, 0.25) is 0 Å². The predicted octanol–water partition coefficient (Wildman–Crippen LogP) is 1.75. The van der Waals surface area contributed by atoms with E-state index in [1.165, 1.54) is 26.4 Å². The highest BCUT2D eigenvalue weighted by Gasteiger charge is 2.61. The van der Waals surface area contributed by atoms with Gasteiger partial charge >= 0.3 is 5.97 Å². The van der Waals surface area contributed by atoms with Gasteiger partial charge in [-0.15, -0.1) is 0 Å². The van der Waals surface area contributed by atoms with Crippen molar-refractivity contribution in [1.29, 1.82) is 0 Å².